The van der Waals surface area contributed by atoms with Crippen molar-refractivity contribution >= 4 is 34.2 Å². The molecule has 19 heavy (non-hydrogen) atoms. The van der Waals surface area contributed by atoms with Gasteiger partial charge >= 0.3 is 0 Å². The fourth-order valence-electron chi connectivity index (χ4n) is 2.19. The van der Waals surface area contributed by atoms with Crippen molar-refractivity contribution in [1.29, 1.82) is 0 Å². The zero-order chi connectivity index (χ0) is 13.8. The van der Waals surface area contributed by atoms with Crippen molar-refractivity contribution in [2.45, 2.75) is 19.4 Å². The molecule has 2 rings (SSSR count). The maximum Gasteiger partial charge on any atom is 0.0438 e. The summed E-state index contributed by atoms with van der Waals surface area (Å²) in [6.07, 6.45) is 0.898. The predicted octanol–water partition coefficient (Wildman–Crippen LogP) is 4.76. The molecular weight excluding hydrogens is 369 g/mol. The topological polar surface area (TPSA) is 12.0 Å². The molecule has 0 saturated heterocycles. The average Bonchev–Trinajstić information content (AvgIpc) is 2.41. The Kier molecular flexibility index (Phi) is 5.25. The Hall–Kier alpha value is -0.580. The standard InChI is InChI=1S/C16H17ClIN/c1-11-6-5-8-13(16(11)18)15(19-2)10-12-7-3-4-9-14(12)17/h3-9,15,19H,10H2,1-2H3. The molecule has 2 aromatic carbocycles. The third-order valence-electron chi connectivity index (χ3n) is 3.33. The fraction of sp³-hybridized carbons (Fsp3) is 0.250. The minimum Gasteiger partial charge on any atom is -0.313 e. The minimum atomic E-state index is 0.284. The first-order valence-corrected chi connectivity index (χ1v) is 7.75. The molecule has 0 radical (unpaired) electrons. The van der Waals surface area contributed by atoms with Crippen LogP contribution in [0.15, 0.2) is 42.5 Å². The molecule has 0 fully saturated rings. The summed E-state index contributed by atoms with van der Waals surface area (Å²) in [6.45, 7) is 2.15. The van der Waals surface area contributed by atoms with Crippen LogP contribution in [-0.4, -0.2) is 7.05 Å². The highest BCUT2D eigenvalue weighted by Crippen LogP contribution is 2.27. The van der Waals surface area contributed by atoms with E-state index in [0.717, 1.165) is 11.4 Å². The lowest BCUT2D eigenvalue weighted by Crippen LogP contribution is -2.20. The molecule has 0 saturated carbocycles. The molecule has 0 spiro atoms. The summed E-state index contributed by atoms with van der Waals surface area (Å²) < 4.78 is 1.33. The summed E-state index contributed by atoms with van der Waals surface area (Å²) in [5.74, 6) is 0. The molecule has 0 heterocycles. The lowest BCUT2D eigenvalue weighted by Gasteiger charge is -2.20. The van der Waals surface area contributed by atoms with Gasteiger partial charge in [0.1, 0.15) is 0 Å². The van der Waals surface area contributed by atoms with E-state index in [-0.39, 0.29) is 6.04 Å². The highest BCUT2D eigenvalue weighted by molar-refractivity contribution is 14.1. The number of halogens is 2. The first-order chi connectivity index (χ1) is 9.13. The Balaban J connectivity index is 2.31. The second-order valence-electron chi connectivity index (χ2n) is 4.61. The van der Waals surface area contributed by atoms with E-state index in [1.165, 1.54) is 20.3 Å². The Morgan fingerprint density at radius 1 is 1.16 bits per heavy atom. The molecule has 1 atom stereocenters. The molecule has 1 unspecified atom stereocenters. The molecular formula is C16H17ClIN. The molecule has 100 valence electrons. The van der Waals surface area contributed by atoms with E-state index in [1.807, 2.05) is 25.2 Å². The second kappa shape index (κ2) is 6.73. The zero-order valence-corrected chi connectivity index (χ0v) is 14.0. The van der Waals surface area contributed by atoms with E-state index in [9.17, 15) is 0 Å². The number of nitrogens with one attached hydrogen (secondary N) is 1. The lowest BCUT2D eigenvalue weighted by molar-refractivity contribution is 0.589. The number of likely N-dealkylation sites (N-methyl/N-ethyl adjacent to an activating group) is 1. The van der Waals surface area contributed by atoms with Crippen LogP contribution in [0.3, 0.4) is 0 Å². The largest absolute Gasteiger partial charge is 0.313 e. The van der Waals surface area contributed by atoms with Gasteiger partial charge in [0.25, 0.3) is 0 Å². The van der Waals surface area contributed by atoms with E-state index in [4.69, 9.17) is 11.6 Å². The Morgan fingerprint density at radius 3 is 2.58 bits per heavy atom. The van der Waals surface area contributed by atoms with Crippen molar-refractivity contribution in [3.05, 3.63) is 67.7 Å². The van der Waals surface area contributed by atoms with Gasteiger partial charge in [0.15, 0.2) is 0 Å². The molecule has 0 bridgehead atoms. The predicted molar refractivity (Wildman–Crippen MR) is 90.9 cm³/mol. The summed E-state index contributed by atoms with van der Waals surface area (Å²) in [5, 5.41) is 4.24. The molecule has 0 amide bonds. The molecule has 2 aromatic rings. The van der Waals surface area contributed by atoms with Gasteiger partial charge in [0, 0.05) is 14.6 Å². The molecule has 0 aliphatic rings. The second-order valence-corrected chi connectivity index (χ2v) is 6.10. The monoisotopic (exact) mass is 385 g/mol. The summed E-state index contributed by atoms with van der Waals surface area (Å²) in [4.78, 5) is 0. The van der Waals surface area contributed by atoms with Gasteiger partial charge in [-0.25, -0.2) is 0 Å². The third kappa shape index (κ3) is 3.50. The molecule has 0 aliphatic carbocycles. The smallest absolute Gasteiger partial charge is 0.0438 e. The number of hydrogen-bond donors (Lipinski definition) is 1. The van der Waals surface area contributed by atoms with Crippen molar-refractivity contribution < 1.29 is 0 Å². The summed E-state index contributed by atoms with van der Waals surface area (Å²) in [6, 6.07) is 14.8. The van der Waals surface area contributed by atoms with Gasteiger partial charge in [0.05, 0.1) is 0 Å². The first-order valence-electron chi connectivity index (χ1n) is 6.29. The highest BCUT2D eigenvalue weighted by Gasteiger charge is 2.15. The van der Waals surface area contributed by atoms with E-state index >= 15 is 0 Å². The SMILES string of the molecule is CNC(Cc1ccccc1Cl)c1cccc(C)c1I. The Labute approximate surface area is 133 Å². The van der Waals surface area contributed by atoms with E-state index in [0.29, 0.717) is 0 Å². The average molecular weight is 386 g/mol. The zero-order valence-electron chi connectivity index (χ0n) is 11.1. The van der Waals surface area contributed by atoms with Crippen LogP contribution in [0.1, 0.15) is 22.7 Å². The fourth-order valence-corrected chi connectivity index (χ4v) is 3.14. The van der Waals surface area contributed by atoms with Crippen LogP contribution in [0.25, 0.3) is 0 Å². The first kappa shape index (κ1) is 14.8. The van der Waals surface area contributed by atoms with Gasteiger partial charge in [-0.1, -0.05) is 48.0 Å². The van der Waals surface area contributed by atoms with Gasteiger partial charge < -0.3 is 5.32 Å². The van der Waals surface area contributed by atoms with Gasteiger partial charge in [-0.3, -0.25) is 0 Å². The maximum atomic E-state index is 6.25. The van der Waals surface area contributed by atoms with Crippen LogP contribution in [0.2, 0.25) is 5.02 Å². The van der Waals surface area contributed by atoms with E-state index in [2.05, 4.69) is 59.1 Å². The highest BCUT2D eigenvalue weighted by atomic mass is 127. The molecule has 1 N–H and O–H groups in total. The summed E-state index contributed by atoms with van der Waals surface area (Å²) >= 11 is 8.68. The van der Waals surface area contributed by atoms with E-state index < -0.39 is 0 Å². The maximum absolute atomic E-state index is 6.25. The Bertz CT molecular complexity index is 568. The Morgan fingerprint density at radius 2 is 1.89 bits per heavy atom. The van der Waals surface area contributed by atoms with Crippen LogP contribution in [-0.2, 0) is 6.42 Å². The van der Waals surface area contributed by atoms with Crippen molar-refractivity contribution in [2.24, 2.45) is 0 Å². The normalized spacial score (nSPS) is 12.4. The molecule has 3 heteroatoms. The van der Waals surface area contributed by atoms with Gasteiger partial charge in [-0.15, -0.1) is 0 Å². The number of aryl methyl sites for hydroxylation is 1. The minimum absolute atomic E-state index is 0.284. The molecule has 0 aromatic heterocycles. The number of hydrogen-bond acceptors (Lipinski definition) is 1. The van der Waals surface area contributed by atoms with Crippen LogP contribution in [0, 0.1) is 10.5 Å². The van der Waals surface area contributed by atoms with Crippen LogP contribution >= 0.6 is 34.2 Å². The van der Waals surface area contributed by atoms with E-state index in [1.54, 1.807) is 0 Å². The van der Waals surface area contributed by atoms with Crippen molar-refractivity contribution in [3.8, 4) is 0 Å². The third-order valence-corrected chi connectivity index (χ3v) is 5.17. The number of rotatable bonds is 4. The quantitative estimate of drug-likeness (QED) is 0.749. The van der Waals surface area contributed by atoms with Crippen molar-refractivity contribution in [3.63, 3.8) is 0 Å². The van der Waals surface area contributed by atoms with Crippen molar-refractivity contribution in [2.75, 3.05) is 7.05 Å². The van der Waals surface area contributed by atoms with Gasteiger partial charge in [-0.05, 0) is 65.7 Å². The van der Waals surface area contributed by atoms with Gasteiger partial charge in [0.2, 0.25) is 0 Å². The van der Waals surface area contributed by atoms with Gasteiger partial charge in [-0.2, -0.15) is 0 Å². The van der Waals surface area contributed by atoms with Crippen LogP contribution < -0.4 is 5.32 Å². The summed E-state index contributed by atoms with van der Waals surface area (Å²) in [7, 11) is 2.00. The van der Waals surface area contributed by atoms with Crippen LogP contribution in [0.5, 0.6) is 0 Å². The lowest BCUT2D eigenvalue weighted by atomic mass is 9.98. The number of benzene rings is 2. The molecule has 0 aliphatic heterocycles. The van der Waals surface area contributed by atoms with Crippen LogP contribution in [0.4, 0.5) is 0 Å². The molecule has 1 nitrogen and oxygen atoms in total. The summed E-state index contributed by atoms with van der Waals surface area (Å²) in [5.41, 5.74) is 3.83. The van der Waals surface area contributed by atoms with Crippen molar-refractivity contribution in [1.82, 2.24) is 5.32 Å².